The van der Waals surface area contributed by atoms with Crippen LogP contribution in [0.4, 0.5) is 0 Å². The quantitative estimate of drug-likeness (QED) is 0.579. The van der Waals surface area contributed by atoms with Crippen molar-refractivity contribution in [3.05, 3.63) is 54.0 Å². The van der Waals surface area contributed by atoms with E-state index >= 15 is 0 Å². The lowest BCUT2D eigenvalue weighted by atomic mass is 10.2. The van der Waals surface area contributed by atoms with Gasteiger partial charge in [0.25, 0.3) is 5.91 Å². The van der Waals surface area contributed by atoms with Gasteiger partial charge in [-0.2, -0.15) is 0 Å². The molecule has 1 aromatic carbocycles. The number of carbonyl (C=O) groups excluding carboxylic acids is 3. The number of hydrogen-bond acceptors (Lipinski definition) is 6. The predicted molar refractivity (Wildman–Crippen MR) is 86.6 cm³/mol. The van der Waals surface area contributed by atoms with Crippen LogP contribution < -0.4 is 15.6 Å². The molecule has 0 spiro atoms. The standard InChI is InChI=1S/C17H18N2O6/c1-12-4-6-13(7-5-12)23-10-8-16(21)25-11-15(20)18-19-17(22)14-3-2-9-24-14/h2-7,9H,8,10-11H2,1H3,(H,18,20)(H,19,22). The van der Waals surface area contributed by atoms with Crippen LogP contribution in [0.1, 0.15) is 22.5 Å². The molecule has 2 rings (SSSR count). The van der Waals surface area contributed by atoms with E-state index in [1.165, 1.54) is 18.4 Å². The number of carbonyl (C=O) groups is 3. The number of aryl methyl sites for hydroxylation is 1. The van der Waals surface area contributed by atoms with Crippen LogP contribution in [0.2, 0.25) is 0 Å². The lowest BCUT2D eigenvalue weighted by molar-refractivity contribution is -0.149. The van der Waals surface area contributed by atoms with Gasteiger partial charge in [0.2, 0.25) is 0 Å². The maximum absolute atomic E-state index is 11.5. The van der Waals surface area contributed by atoms with E-state index in [9.17, 15) is 14.4 Å². The summed E-state index contributed by atoms with van der Waals surface area (Å²) in [5.74, 6) is -1.18. The highest BCUT2D eigenvalue weighted by molar-refractivity contribution is 5.93. The molecule has 2 aromatic rings. The molecule has 0 aliphatic rings. The fourth-order valence-electron chi connectivity index (χ4n) is 1.74. The lowest BCUT2D eigenvalue weighted by Gasteiger charge is -2.08. The Balaban J connectivity index is 1.58. The van der Waals surface area contributed by atoms with Crippen molar-refractivity contribution in [1.29, 1.82) is 0 Å². The van der Waals surface area contributed by atoms with Gasteiger partial charge in [0.1, 0.15) is 5.75 Å². The number of esters is 1. The Morgan fingerprint density at radius 1 is 1.08 bits per heavy atom. The first kappa shape index (κ1) is 18.1. The first-order valence-electron chi connectivity index (χ1n) is 7.52. The number of benzene rings is 1. The van der Waals surface area contributed by atoms with Crippen LogP contribution in [-0.2, 0) is 14.3 Å². The topological polar surface area (TPSA) is 107 Å². The molecule has 0 atom stereocenters. The van der Waals surface area contributed by atoms with E-state index in [4.69, 9.17) is 13.9 Å². The number of amides is 2. The number of hydrazine groups is 1. The maximum Gasteiger partial charge on any atom is 0.309 e. The minimum absolute atomic E-state index is 0.0000884. The van der Waals surface area contributed by atoms with E-state index in [1.807, 2.05) is 19.1 Å². The minimum Gasteiger partial charge on any atom is -0.493 e. The van der Waals surface area contributed by atoms with E-state index in [0.717, 1.165) is 5.56 Å². The summed E-state index contributed by atoms with van der Waals surface area (Å²) in [5.41, 5.74) is 5.34. The van der Waals surface area contributed by atoms with Gasteiger partial charge in [0.15, 0.2) is 12.4 Å². The van der Waals surface area contributed by atoms with E-state index < -0.39 is 24.4 Å². The summed E-state index contributed by atoms with van der Waals surface area (Å²) < 4.78 is 15.0. The van der Waals surface area contributed by atoms with Crippen molar-refractivity contribution in [2.24, 2.45) is 0 Å². The molecule has 0 aliphatic carbocycles. The summed E-state index contributed by atoms with van der Waals surface area (Å²) in [7, 11) is 0. The van der Waals surface area contributed by atoms with Gasteiger partial charge in [-0.05, 0) is 31.2 Å². The van der Waals surface area contributed by atoms with Gasteiger partial charge in [-0.15, -0.1) is 0 Å². The van der Waals surface area contributed by atoms with Gasteiger partial charge in [0, 0.05) is 0 Å². The Morgan fingerprint density at radius 3 is 2.52 bits per heavy atom. The van der Waals surface area contributed by atoms with Crippen molar-refractivity contribution >= 4 is 17.8 Å². The molecule has 0 bridgehead atoms. The second-order valence-electron chi connectivity index (χ2n) is 5.05. The average molecular weight is 346 g/mol. The Bertz CT molecular complexity index is 709. The van der Waals surface area contributed by atoms with Gasteiger partial charge in [-0.1, -0.05) is 17.7 Å². The summed E-state index contributed by atoms with van der Waals surface area (Å²) in [6.07, 6.45) is 1.33. The normalized spacial score (nSPS) is 9.96. The van der Waals surface area contributed by atoms with Crippen molar-refractivity contribution < 1.29 is 28.3 Å². The molecule has 8 heteroatoms. The summed E-state index contributed by atoms with van der Waals surface area (Å²) in [6.45, 7) is 1.59. The fourth-order valence-corrected chi connectivity index (χ4v) is 1.74. The molecule has 1 heterocycles. The van der Waals surface area contributed by atoms with Crippen molar-refractivity contribution in [3.8, 4) is 5.75 Å². The smallest absolute Gasteiger partial charge is 0.309 e. The summed E-state index contributed by atoms with van der Waals surface area (Å²) in [4.78, 5) is 34.5. The molecular weight excluding hydrogens is 328 g/mol. The van der Waals surface area contributed by atoms with Gasteiger partial charge in [-0.25, -0.2) is 0 Å². The first-order chi connectivity index (χ1) is 12.0. The van der Waals surface area contributed by atoms with Crippen LogP contribution in [-0.4, -0.2) is 31.0 Å². The predicted octanol–water partition coefficient (Wildman–Crippen LogP) is 1.36. The Hall–Kier alpha value is -3.29. The SMILES string of the molecule is Cc1ccc(OCCC(=O)OCC(=O)NNC(=O)c2ccco2)cc1. The monoisotopic (exact) mass is 346 g/mol. The summed E-state index contributed by atoms with van der Waals surface area (Å²) >= 11 is 0. The summed E-state index contributed by atoms with van der Waals surface area (Å²) in [6, 6.07) is 10.4. The van der Waals surface area contributed by atoms with E-state index in [-0.39, 0.29) is 18.8 Å². The molecule has 0 saturated carbocycles. The van der Waals surface area contributed by atoms with Crippen molar-refractivity contribution in [3.63, 3.8) is 0 Å². The van der Waals surface area contributed by atoms with Gasteiger partial charge >= 0.3 is 11.9 Å². The third-order valence-corrected chi connectivity index (χ3v) is 3.02. The average Bonchev–Trinajstić information content (AvgIpc) is 3.14. The highest BCUT2D eigenvalue weighted by atomic mass is 16.5. The largest absolute Gasteiger partial charge is 0.493 e. The number of nitrogens with one attached hydrogen (secondary N) is 2. The number of hydrogen-bond donors (Lipinski definition) is 2. The fraction of sp³-hybridized carbons (Fsp3) is 0.235. The molecule has 25 heavy (non-hydrogen) atoms. The van der Waals surface area contributed by atoms with Crippen LogP contribution in [0.3, 0.4) is 0 Å². The molecule has 0 aliphatic heterocycles. The third-order valence-electron chi connectivity index (χ3n) is 3.02. The molecule has 0 fully saturated rings. The molecule has 1 aromatic heterocycles. The van der Waals surface area contributed by atoms with Crippen LogP contribution in [0.25, 0.3) is 0 Å². The Labute approximate surface area is 144 Å². The van der Waals surface area contributed by atoms with Crippen molar-refractivity contribution in [1.82, 2.24) is 10.9 Å². The second kappa shape index (κ2) is 9.11. The molecule has 8 nitrogen and oxygen atoms in total. The van der Waals surface area contributed by atoms with E-state index in [0.29, 0.717) is 5.75 Å². The zero-order chi connectivity index (χ0) is 18.1. The molecule has 0 unspecified atom stereocenters. The number of rotatable bonds is 7. The van der Waals surface area contributed by atoms with Gasteiger partial charge in [-0.3, -0.25) is 25.2 Å². The molecule has 2 amide bonds. The lowest BCUT2D eigenvalue weighted by Crippen LogP contribution is -2.43. The van der Waals surface area contributed by atoms with Crippen LogP contribution in [0.15, 0.2) is 47.1 Å². The van der Waals surface area contributed by atoms with Crippen LogP contribution in [0, 0.1) is 6.92 Å². The van der Waals surface area contributed by atoms with Crippen LogP contribution >= 0.6 is 0 Å². The van der Waals surface area contributed by atoms with Crippen molar-refractivity contribution in [2.75, 3.05) is 13.2 Å². The second-order valence-corrected chi connectivity index (χ2v) is 5.05. The van der Waals surface area contributed by atoms with E-state index in [1.54, 1.807) is 12.1 Å². The zero-order valence-corrected chi connectivity index (χ0v) is 13.6. The molecule has 0 saturated heterocycles. The molecule has 132 valence electrons. The van der Waals surface area contributed by atoms with E-state index in [2.05, 4.69) is 10.9 Å². The number of ether oxygens (including phenoxy) is 2. The maximum atomic E-state index is 11.5. The zero-order valence-electron chi connectivity index (χ0n) is 13.6. The first-order valence-corrected chi connectivity index (χ1v) is 7.52. The molecular formula is C17H18N2O6. The highest BCUT2D eigenvalue weighted by Crippen LogP contribution is 2.11. The third kappa shape index (κ3) is 6.38. The highest BCUT2D eigenvalue weighted by Gasteiger charge is 2.11. The molecule has 2 N–H and O–H groups in total. The van der Waals surface area contributed by atoms with Gasteiger partial charge in [0.05, 0.1) is 19.3 Å². The summed E-state index contributed by atoms with van der Waals surface area (Å²) in [5, 5.41) is 0. The van der Waals surface area contributed by atoms with Crippen LogP contribution in [0.5, 0.6) is 5.75 Å². The van der Waals surface area contributed by atoms with Crippen molar-refractivity contribution in [2.45, 2.75) is 13.3 Å². The number of furan rings is 1. The Kier molecular flexibility index (Phi) is 6.58. The minimum atomic E-state index is -0.673. The van der Waals surface area contributed by atoms with Gasteiger partial charge < -0.3 is 13.9 Å². The Morgan fingerprint density at radius 2 is 1.84 bits per heavy atom. The molecule has 0 radical (unpaired) electrons.